The minimum absolute atomic E-state index is 0.0769. The van der Waals surface area contributed by atoms with Crippen LogP contribution in [-0.2, 0) is 16.0 Å². The van der Waals surface area contributed by atoms with Gasteiger partial charge in [0.15, 0.2) is 5.78 Å². The molecule has 18 heavy (non-hydrogen) atoms. The summed E-state index contributed by atoms with van der Waals surface area (Å²) in [6.45, 7) is 3.51. The van der Waals surface area contributed by atoms with Crippen LogP contribution in [0.2, 0.25) is 5.02 Å². The molecule has 0 aromatic heterocycles. The van der Waals surface area contributed by atoms with E-state index in [2.05, 4.69) is 12.6 Å². The lowest BCUT2D eigenvalue weighted by atomic mass is 9.90. The van der Waals surface area contributed by atoms with Crippen molar-refractivity contribution in [2.45, 2.75) is 31.2 Å². The third-order valence-corrected chi connectivity index (χ3v) is 4.16. The lowest BCUT2D eigenvalue weighted by Gasteiger charge is -2.36. The highest BCUT2D eigenvalue weighted by molar-refractivity contribution is 7.80. The summed E-state index contributed by atoms with van der Waals surface area (Å²) in [5, 5.41) is 0.474. The van der Waals surface area contributed by atoms with Gasteiger partial charge in [0, 0.05) is 23.9 Å². The van der Waals surface area contributed by atoms with Crippen molar-refractivity contribution in [3.63, 3.8) is 0 Å². The molecule has 0 bridgehead atoms. The highest BCUT2D eigenvalue weighted by atomic mass is 35.5. The zero-order valence-electron chi connectivity index (χ0n) is 10.2. The number of hydrogen-bond acceptors (Lipinski definition) is 3. The standard InChI is InChI=1S/C13H14ClNO2S/c1-7(16)13-11-9(3-4-10(18)12(11)14)5-6-15(13)8(2)17/h3-4,13,18H,5-6H2,1-2H3. The van der Waals surface area contributed by atoms with E-state index < -0.39 is 6.04 Å². The van der Waals surface area contributed by atoms with Crippen molar-refractivity contribution in [2.24, 2.45) is 0 Å². The SMILES string of the molecule is CC(=O)C1c2c(ccc(S)c2Cl)CCN1C(C)=O. The van der Waals surface area contributed by atoms with E-state index in [1.165, 1.54) is 13.8 Å². The number of carbonyl (C=O) groups excluding carboxylic acids is 2. The Balaban J connectivity index is 2.62. The quantitative estimate of drug-likeness (QED) is 0.805. The van der Waals surface area contributed by atoms with Crippen LogP contribution in [0.15, 0.2) is 17.0 Å². The van der Waals surface area contributed by atoms with Crippen molar-refractivity contribution in [2.75, 3.05) is 6.54 Å². The number of carbonyl (C=O) groups is 2. The van der Waals surface area contributed by atoms with Crippen LogP contribution in [0.3, 0.4) is 0 Å². The smallest absolute Gasteiger partial charge is 0.220 e. The maximum atomic E-state index is 11.9. The molecular formula is C13H14ClNO2S. The molecule has 1 aromatic carbocycles. The lowest BCUT2D eigenvalue weighted by Crippen LogP contribution is -2.42. The van der Waals surface area contributed by atoms with Crippen LogP contribution >= 0.6 is 24.2 Å². The van der Waals surface area contributed by atoms with E-state index in [0.717, 1.165) is 11.1 Å². The lowest BCUT2D eigenvalue weighted by molar-refractivity contribution is -0.138. The van der Waals surface area contributed by atoms with E-state index in [9.17, 15) is 9.59 Å². The molecule has 5 heteroatoms. The molecule has 0 N–H and O–H groups in total. The van der Waals surface area contributed by atoms with Crippen LogP contribution in [0.25, 0.3) is 0 Å². The highest BCUT2D eigenvalue weighted by Gasteiger charge is 2.34. The number of Topliss-reactive ketones (excluding diaryl/α,β-unsaturated/α-hetero) is 1. The molecule has 1 unspecified atom stereocenters. The van der Waals surface area contributed by atoms with Gasteiger partial charge in [-0.05, 0) is 25.0 Å². The summed E-state index contributed by atoms with van der Waals surface area (Å²) in [4.78, 5) is 25.7. The average molecular weight is 284 g/mol. The summed E-state index contributed by atoms with van der Waals surface area (Å²) in [5.41, 5.74) is 1.76. The minimum Gasteiger partial charge on any atom is -0.328 e. The van der Waals surface area contributed by atoms with E-state index >= 15 is 0 Å². The molecule has 0 spiro atoms. The van der Waals surface area contributed by atoms with Crippen LogP contribution in [0.1, 0.15) is 31.0 Å². The normalized spacial score (nSPS) is 18.4. The summed E-state index contributed by atoms with van der Waals surface area (Å²) < 4.78 is 0. The number of rotatable bonds is 1. The molecular weight excluding hydrogens is 270 g/mol. The average Bonchev–Trinajstić information content (AvgIpc) is 2.32. The van der Waals surface area contributed by atoms with Crippen molar-refractivity contribution < 1.29 is 9.59 Å². The Kier molecular flexibility index (Phi) is 3.69. The van der Waals surface area contributed by atoms with E-state index in [1.807, 2.05) is 12.1 Å². The Hall–Kier alpha value is -1.00. The Morgan fingerprint density at radius 1 is 1.39 bits per heavy atom. The van der Waals surface area contributed by atoms with Gasteiger partial charge in [-0.15, -0.1) is 12.6 Å². The van der Waals surface area contributed by atoms with Gasteiger partial charge in [-0.3, -0.25) is 9.59 Å². The molecule has 1 atom stereocenters. The van der Waals surface area contributed by atoms with Crippen LogP contribution in [0.4, 0.5) is 0 Å². The maximum absolute atomic E-state index is 11.9. The van der Waals surface area contributed by atoms with Gasteiger partial charge in [0.2, 0.25) is 5.91 Å². The first-order valence-electron chi connectivity index (χ1n) is 5.71. The number of fused-ring (bicyclic) bond motifs is 1. The highest BCUT2D eigenvalue weighted by Crippen LogP contribution is 2.38. The third kappa shape index (κ3) is 2.15. The fourth-order valence-electron chi connectivity index (χ4n) is 2.42. The number of amides is 1. The molecule has 0 saturated carbocycles. The molecule has 0 aliphatic carbocycles. The third-order valence-electron chi connectivity index (χ3n) is 3.25. The zero-order valence-corrected chi connectivity index (χ0v) is 11.9. The van der Waals surface area contributed by atoms with Crippen molar-refractivity contribution in [1.29, 1.82) is 0 Å². The summed E-state index contributed by atoms with van der Waals surface area (Å²) in [6, 6.07) is 3.17. The molecule has 96 valence electrons. The van der Waals surface area contributed by atoms with E-state index in [-0.39, 0.29) is 11.7 Å². The summed E-state index contributed by atoms with van der Waals surface area (Å²) in [7, 11) is 0. The van der Waals surface area contributed by atoms with Gasteiger partial charge < -0.3 is 4.90 Å². The van der Waals surface area contributed by atoms with Gasteiger partial charge in [0.25, 0.3) is 0 Å². The van der Waals surface area contributed by atoms with E-state index in [0.29, 0.717) is 22.9 Å². The molecule has 0 saturated heterocycles. The maximum Gasteiger partial charge on any atom is 0.220 e. The second kappa shape index (κ2) is 4.94. The molecule has 2 rings (SSSR count). The number of nitrogens with zero attached hydrogens (tertiary/aromatic N) is 1. The number of thiol groups is 1. The number of halogens is 1. The predicted molar refractivity (Wildman–Crippen MR) is 73.2 cm³/mol. The zero-order chi connectivity index (χ0) is 13.4. The van der Waals surface area contributed by atoms with Gasteiger partial charge >= 0.3 is 0 Å². The van der Waals surface area contributed by atoms with E-state index in [4.69, 9.17) is 11.6 Å². The summed E-state index contributed by atoms with van der Waals surface area (Å²) in [6.07, 6.45) is 0.715. The Morgan fingerprint density at radius 2 is 2.06 bits per heavy atom. The molecule has 1 heterocycles. The number of hydrogen-bond donors (Lipinski definition) is 1. The first-order chi connectivity index (χ1) is 8.43. The van der Waals surface area contributed by atoms with Crippen molar-refractivity contribution >= 4 is 35.9 Å². The molecule has 0 fully saturated rings. The first-order valence-corrected chi connectivity index (χ1v) is 6.54. The van der Waals surface area contributed by atoms with Crippen LogP contribution < -0.4 is 0 Å². The second-order valence-electron chi connectivity index (χ2n) is 4.45. The van der Waals surface area contributed by atoms with Crippen molar-refractivity contribution in [1.82, 2.24) is 4.90 Å². The van der Waals surface area contributed by atoms with Crippen LogP contribution in [0, 0.1) is 0 Å². The molecule has 1 aliphatic heterocycles. The summed E-state index contributed by atoms with van der Waals surface area (Å²) in [5.74, 6) is -0.187. The molecule has 1 amide bonds. The molecule has 1 aliphatic rings. The largest absolute Gasteiger partial charge is 0.328 e. The van der Waals surface area contributed by atoms with E-state index in [1.54, 1.807) is 4.90 Å². The number of benzene rings is 1. The second-order valence-corrected chi connectivity index (χ2v) is 5.31. The van der Waals surface area contributed by atoms with Crippen molar-refractivity contribution in [3.05, 3.63) is 28.3 Å². The topological polar surface area (TPSA) is 37.4 Å². The van der Waals surface area contributed by atoms with Crippen LogP contribution in [0.5, 0.6) is 0 Å². The molecule has 0 radical (unpaired) electrons. The predicted octanol–water partition coefficient (Wildman–Crippen LogP) is 2.66. The minimum atomic E-state index is -0.578. The monoisotopic (exact) mass is 283 g/mol. The fourth-order valence-corrected chi connectivity index (χ4v) is 2.91. The Morgan fingerprint density at radius 3 is 2.61 bits per heavy atom. The van der Waals surface area contributed by atoms with Gasteiger partial charge in [-0.25, -0.2) is 0 Å². The summed E-state index contributed by atoms with van der Waals surface area (Å²) >= 11 is 10.5. The number of ketones is 1. The van der Waals surface area contributed by atoms with Crippen LogP contribution in [-0.4, -0.2) is 23.1 Å². The molecule has 3 nitrogen and oxygen atoms in total. The Bertz CT molecular complexity index is 530. The molecule has 1 aromatic rings. The van der Waals surface area contributed by atoms with Gasteiger partial charge in [0.1, 0.15) is 6.04 Å². The van der Waals surface area contributed by atoms with Gasteiger partial charge in [0.05, 0.1) is 5.02 Å². The van der Waals surface area contributed by atoms with Gasteiger partial charge in [-0.2, -0.15) is 0 Å². The first kappa shape index (κ1) is 13.4. The van der Waals surface area contributed by atoms with Gasteiger partial charge in [-0.1, -0.05) is 17.7 Å². The van der Waals surface area contributed by atoms with Crippen molar-refractivity contribution in [3.8, 4) is 0 Å². The fraction of sp³-hybridized carbons (Fsp3) is 0.385. The Labute approximate surface area is 117 Å².